The Hall–Kier alpha value is -1.83. The highest BCUT2D eigenvalue weighted by Gasteiger charge is 2.20. The number of thioether (sulfide) groups is 1. The number of aliphatic carboxylic acids is 1. The van der Waals surface area contributed by atoms with Gasteiger partial charge in [-0.3, -0.25) is 9.48 Å². The second-order valence-corrected chi connectivity index (χ2v) is 6.07. The van der Waals surface area contributed by atoms with Crippen LogP contribution in [0.3, 0.4) is 0 Å². The molecule has 0 spiro atoms. The van der Waals surface area contributed by atoms with Gasteiger partial charge in [0.2, 0.25) is 0 Å². The normalized spacial score (nSPS) is 12.8. The first-order chi connectivity index (χ1) is 9.99. The number of aromatic nitrogens is 5. The maximum absolute atomic E-state index is 10.8. The molecule has 8 heteroatoms. The number of rotatable bonds is 7. The molecule has 0 aliphatic carbocycles. The van der Waals surface area contributed by atoms with Crippen LogP contribution in [0.25, 0.3) is 0 Å². The highest BCUT2D eigenvalue weighted by Crippen LogP contribution is 2.26. The van der Waals surface area contributed by atoms with Crippen LogP contribution in [0.1, 0.15) is 38.6 Å². The van der Waals surface area contributed by atoms with Crippen LogP contribution in [-0.2, 0) is 11.3 Å². The molecular formula is C13H19N5O2S. The molecule has 0 amide bonds. The quantitative estimate of drug-likeness (QED) is 0.788. The lowest BCUT2D eigenvalue weighted by Gasteiger charge is -2.19. The third-order valence-corrected chi connectivity index (χ3v) is 3.91. The zero-order valence-corrected chi connectivity index (χ0v) is 13.1. The summed E-state index contributed by atoms with van der Waals surface area (Å²) in [5.41, 5.74) is 0. The first-order valence-corrected chi connectivity index (χ1v) is 7.74. The molecule has 0 aromatic carbocycles. The van der Waals surface area contributed by atoms with E-state index >= 15 is 0 Å². The summed E-state index contributed by atoms with van der Waals surface area (Å²) in [6, 6.07) is 1.97. The first-order valence-electron chi connectivity index (χ1n) is 6.75. The van der Waals surface area contributed by atoms with Crippen LogP contribution in [0.4, 0.5) is 0 Å². The number of hydrogen-bond donors (Lipinski definition) is 1. The lowest BCUT2D eigenvalue weighted by atomic mass is 10.2. The zero-order valence-electron chi connectivity index (χ0n) is 12.3. The fourth-order valence-corrected chi connectivity index (χ4v) is 2.85. The van der Waals surface area contributed by atoms with Gasteiger partial charge in [-0.05, 0) is 13.0 Å². The third kappa shape index (κ3) is 3.84. The molecule has 0 aliphatic heterocycles. The van der Waals surface area contributed by atoms with E-state index in [9.17, 15) is 4.79 Å². The van der Waals surface area contributed by atoms with Gasteiger partial charge >= 0.3 is 5.97 Å². The van der Waals surface area contributed by atoms with E-state index in [0.717, 1.165) is 5.82 Å². The van der Waals surface area contributed by atoms with Gasteiger partial charge < -0.3 is 9.67 Å². The highest BCUT2D eigenvalue weighted by atomic mass is 32.2. The number of carboxylic acid groups (broad SMARTS) is 1. The molecule has 2 heterocycles. The summed E-state index contributed by atoms with van der Waals surface area (Å²) in [6.45, 7) is 6.84. The summed E-state index contributed by atoms with van der Waals surface area (Å²) >= 11 is 1.19. The van der Waals surface area contributed by atoms with Crippen molar-refractivity contribution in [1.29, 1.82) is 0 Å². The van der Waals surface area contributed by atoms with Gasteiger partial charge in [0.1, 0.15) is 5.82 Å². The van der Waals surface area contributed by atoms with Crippen molar-refractivity contribution >= 4 is 17.7 Å². The number of carboxylic acids is 1. The SMILES string of the molecule is CC(C)c1nnc(SCC(=O)O)n1C(C)Cn1cccn1. The topological polar surface area (TPSA) is 85.8 Å². The molecule has 2 aromatic rings. The van der Waals surface area contributed by atoms with Gasteiger partial charge in [-0.15, -0.1) is 10.2 Å². The van der Waals surface area contributed by atoms with Crippen LogP contribution < -0.4 is 0 Å². The summed E-state index contributed by atoms with van der Waals surface area (Å²) in [5, 5.41) is 22.0. The molecule has 0 aliphatic rings. The van der Waals surface area contributed by atoms with E-state index in [1.807, 2.05) is 35.4 Å². The number of hydrogen-bond acceptors (Lipinski definition) is 5. The van der Waals surface area contributed by atoms with Gasteiger partial charge in [0.05, 0.1) is 18.3 Å². The highest BCUT2D eigenvalue weighted by molar-refractivity contribution is 7.99. The molecule has 21 heavy (non-hydrogen) atoms. The molecule has 0 saturated heterocycles. The Morgan fingerprint density at radius 1 is 1.38 bits per heavy atom. The fraction of sp³-hybridized carbons (Fsp3) is 0.538. The Bertz CT molecular complexity index is 594. The molecule has 0 fully saturated rings. The molecule has 2 aromatic heterocycles. The summed E-state index contributed by atoms with van der Waals surface area (Å²) in [5.74, 6) is 0.199. The van der Waals surface area contributed by atoms with Crippen molar-refractivity contribution < 1.29 is 9.90 Å². The molecule has 114 valence electrons. The van der Waals surface area contributed by atoms with Gasteiger partial charge in [-0.2, -0.15) is 5.10 Å². The lowest BCUT2D eigenvalue weighted by Crippen LogP contribution is -2.18. The minimum atomic E-state index is -0.861. The molecule has 0 bridgehead atoms. The standard InChI is InChI=1S/C13H19N5O2S/c1-9(2)12-15-16-13(21-8-11(19)20)18(12)10(3)7-17-6-4-5-14-17/h4-6,9-10H,7-8H2,1-3H3,(H,19,20). The van der Waals surface area contributed by atoms with Crippen LogP contribution in [0.5, 0.6) is 0 Å². The monoisotopic (exact) mass is 309 g/mol. The average molecular weight is 309 g/mol. The minimum Gasteiger partial charge on any atom is -0.481 e. The summed E-state index contributed by atoms with van der Waals surface area (Å²) in [4.78, 5) is 10.8. The van der Waals surface area contributed by atoms with Gasteiger partial charge in [0.25, 0.3) is 0 Å². The fourth-order valence-electron chi connectivity index (χ4n) is 2.08. The van der Waals surface area contributed by atoms with Crippen molar-refractivity contribution in [3.8, 4) is 0 Å². The van der Waals surface area contributed by atoms with E-state index in [-0.39, 0.29) is 17.7 Å². The van der Waals surface area contributed by atoms with Crippen molar-refractivity contribution in [2.75, 3.05) is 5.75 Å². The summed E-state index contributed by atoms with van der Waals surface area (Å²) in [6.07, 6.45) is 3.64. The van der Waals surface area contributed by atoms with E-state index < -0.39 is 5.97 Å². The van der Waals surface area contributed by atoms with Crippen LogP contribution >= 0.6 is 11.8 Å². The Balaban J connectivity index is 2.24. The molecule has 1 unspecified atom stereocenters. The maximum Gasteiger partial charge on any atom is 0.313 e. The van der Waals surface area contributed by atoms with Crippen LogP contribution in [-0.4, -0.2) is 41.4 Å². The Morgan fingerprint density at radius 2 is 2.14 bits per heavy atom. The maximum atomic E-state index is 10.8. The van der Waals surface area contributed by atoms with E-state index in [4.69, 9.17) is 5.11 Å². The van der Waals surface area contributed by atoms with Gasteiger partial charge in [-0.1, -0.05) is 25.6 Å². The minimum absolute atomic E-state index is 0.0231. The molecule has 1 atom stereocenters. The van der Waals surface area contributed by atoms with Gasteiger partial charge in [0.15, 0.2) is 5.16 Å². The molecule has 1 N–H and O–H groups in total. The average Bonchev–Trinajstić information content (AvgIpc) is 3.04. The van der Waals surface area contributed by atoms with Crippen LogP contribution in [0.15, 0.2) is 23.6 Å². The zero-order chi connectivity index (χ0) is 15.4. The third-order valence-electron chi connectivity index (χ3n) is 2.98. The van der Waals surface area contributed by atoms with Gasteiger partial charge in [-0.25, -0.2) is 0 Å². The molecule has 0 saturated carbocycles. The van der Waals surface area contributed by atoms with Crippen LogP contribution in [0.2, 0.25) is 0 Å². The predicted octanol–water partition coefficient (Wildman–Crippen LogP) is 2.04. The smallest absolute Gasteiger partial charge is 0.313 e. The Labute approximate surface area is 127 Å². The molecular weight excluding hydrogens is 290 g/mol. The number of carbonyl (C=O) groups is 1. The molecule has 0 radical (unpaired) electrons. The Morgan fingerprint density at radius 3 is 2.71 bits per heavy atom. The largest absolute Gasteiger partial charge is 0.481 e. The van der Waals surface area contributed by atoms with Gasteiger partial charge in [0, 0.05) is 18.3 Å². The van der Waals surface area contributed by atoms with Crippen molar-refractivity contribution in [2.24, 2.45) is 0 Å². The second kappa shape index (κ2) is 6.75. The van der Waals surface area contributed by atoms with E-state index in [0.29, 0.717) is 11.7 Å². The summed E-state index contributed by atoms with van der Waals surface area (Å²) in [7, 11) is 0. The van der Waals surface area contributed by atoms with Crippen molar-refractivity contribution in [3.05, 3.63) is 24.3 Å². The van der Waals surface area contributed by atoms with E-state index in [1.165, 1.54) is 11.8 Å². The first kappa shape index (κ1) is 15.6. The second-order valence-electron chi connectivity index (χ2n) is 5.13. The predicted molar refractivity (Wildman–Crippen MR) is 79.4 cm³/mol. The van der Waals surface area contributed by atoms with E-state index in [1.54, 1.807) is 6.20 Å². The van der Waals surface area contributed by atoms with E-state index in [2.05, 4.69) is 22.2 Å². The summed E-state index contributed by atoms with van der Waals surface area (Å²) < 4.78 is 3.86. The molecule has 2 rings (SSSR count). The Kier molecular flexibility index (Phi) is 5.00. The number of nitrogens with zero attached hydrogens (tertiary/aromatic N) is 5. The molecule has 7 nitrogen and oxygen atoms in total. The van der Waals surface area contributed by atoms with Crippen molar-refractivity contribution in [1.82, 2.24) is 24.5 Å². The van der Waals surface area contributed by atoms with Crippen LogP contribution in [0, 0.1) is 0 Å². The van der Waals surface area contributed by atoms with Crippen molar-refractivity contribution in [3.63, 3.8) is 0 Å². The van der Waals surface area contributed by atoms with Crippen molar-refractivity contribution in [2.45, 2.75) is 44.4 Å². The lowest BCUT2D eigenvalue weighted by molar-refractivity contribution is -0.133.